The Hall–Kier alpha value is -4.58. The average molecular weight is 450 g/mol. The number of anilines is 2. The molecular formula is C28H22N2O4. The van der Waals surface area contributed by atoms with E-state index in [2.05, 4.69) is 10.6 Å². The highest BCUT2D eigenvalue weighted by Gasteiger charge is 2.23. The maximum Gasteiger partial charge on any atom is 0.293 e. The van der Waals surface area contributed by atoms with Crippen molar-refractivity contribution in [1.29, 1.82) is 0 Å². The number of hydrogen-bond acceptors (Lipinski definition) is 4. The first-order valence-corrected chi connectivity index (χ1v) is 11.0. The van der Waals surface area contributed by atoms with Crippen molar-refractivity contribution >= 4 is 44.9 Å². The molecule has 1 aromatic heterocycles. The maximum absolute atomic E-state index is 13.2. The zero-order chi connectivity index (χ0) is 23.5. The van der Waals surface area contributed by atoms with Gasteiger partial charge in [0.05, 0.1) is 12.3 Å². The van der Waals surface area contributed by atoms with E-state index in [1.807, 2.05) is 61.5 Å². The predicted molar refractivity (Wildman–Crippen MR) is 134 cm³/mol. The van der Waals surface area contributed by atoms with Crippen LogP contribution in [0, 0.1) is 0 Å². The van der Waals surface area contributed by atoms with Gasteiger partial charge in [-0.3, -0.25) is 9.59 Å². The zero-order valence-corrected chi connectivity index (χ0v) is 18.5. The van der Waals surface area contributed by atoms with E-state index in [9.17, 15) is 9.59 Å². The molecule has 0 spiro atoms. The highest BCUT2D eigenvalue weighted by molar-refractivity contribution is 6.17. The molecule has 0 saturated heterocycles. The van der Waals surface area contributed by atoms with Gasteiger partial charge in [-0.05, 0) is 54.1 Å². The number of fused-ring (bicyclic) bond motifs is 2. The van der Waals surface area contributed by atoms with E-state index in [1.165, 1.54) is 0 Å². The number of ether oxygens (including phenoxy) is 1. The fourth-order valence-corrected chi connectivity index (χ4v) is 3.88. The van der Waals surface area contributed by atoms with Gasteiger partial charge in [0.15, 0.2) is 0 Å². The van der Waals surface area contributed by atoms with Gasteiger partial charge in [0.1, 0.15) is 17.0 Å². The van der Waals surface area contributed by atoms with Crippen LogP contribution in [0.4, 0.5) is 11.4 Å². The van der Waals surface area contributed by atoms with E-state index in [0.29, 0.717) is 40.3 Å². The van der Waals surface area contributed by atoms with Crippen molar-refractivity contribution in [3.63, 3.8) is 0 Å². The number of para-hydroxylation sites is 3. The number of carbonyl (C=O) groups is 2. The van der Waals surface area contributed by atoms with Crippen LogP contribution in [0.2, 0.25) is 0 Å². The molecule has 2 amide bonds. The first-order valence-electron chi connectivity index (χ1n) is 11.0. The Labute approximate surface area is 196 Å². The summed E-state index contributed by atoms with van der Waals surface area (Å²) in [5.41, 5.74) is 1.82. The second-order valence-electron chi connectivity index (χ2n) is 7.70. The summed E-state index contributed by atoms with van der Waals surface area (Å²) in [5, 5.41) is 8.37. The third-order valence-corrected chi connectivity index (χ3v) is 5.49. The van der Waals surface area contributed by atoms with Crippen molar-refractivity contribution in [2.24, 2.45) is 0 Å². The SMILES string of the molecule is CCOc1ccccc1NC(=O)c1oc2ccccc2c1NC(=O)c1ccc2ccccc2c1. The Morgan fingerprint density at radius 2 is 1.53 bits per heavy atom. The van der Waals surface area contributed by atoms with E-state index in [1.54, 1.807) is 36.4 Å². The smallest absolute Gasteiger partial charge is 0.293 e. The van der Waals surface area contributed by atoms with Crippen LogP contribution in [0.15, 0.2) is 95.4 Å². The molecule has 0 aliphatic carbocycles. The third-order valence-electron chi connectivity index (χ3n) is 5.49. The number of hydrogen-bond donors (Lipinski definition) is 2. The summed E-state index contributed by atoms with van der Waals surface area (Å²) in [4.78, 5) is 26.4. The number of furan rings is 1. The van der Waals surface area contributed by atoms with Crippen LogP contribution in [0.25, 0.3) is 21.7 Å². The molecule has 1 heterocycles. The quantitative estimate of drug-likeness (QED) is 0.310. The Morgan fingerprint density at radius 1 is 0.794 bits per heavy atom. The molecule has 4 aromatic carbocycles. The number of carbonyl (C=O) groups excluding carboxylic acids is 2. The molecule has 0 fully saturated rings. The normalized spacial score (nSPS) is 10.9. The van der Waals surface area contributed by atoms with Gasteiger partial charge in [-0.2, -0.15) is 0 Å². The lowest BCUT2D eigenvalue weighted by atomic mass is 10.1. The Morgan fingerprint density at radius 3 is 2.38 bits per heavy atom. The highest BCUT2D eigenvalue weighted by Crippen LogP contribution is 2.33. The molecule has 0 bridgehead atoms. The van der Waals surface area contributed by atoms with Crippen LogP contribution in [0.1, 0.15) is 27.8 Å². The number of nitrogens with one attached hydrogen (secondary N) is 2. The Kier molecular flexibility index (Phi) is 5.70. The largest absolute Gasteiger partial charge is 0.492 e. The average Bonchev–Trinajstić information content (AvgIpc) is 3.23. The van der Waals surface area contributed by atoms with Crippen molar-refractivity contribution < 1.29 is 18.7 Å². The molecular weight excluding hydrogens is 428 g/mol. The van der Waals surface area contributed by atoms with Crippen molar-refractivity contribution in [1.82, 2.24) is 0 Å². The van der Waals surface area contributed by atoms with Gasteiger partial charge in [-0.25, -0.2) is 0 Å². The molecule has 2 N–H and O–H groups in total. The van der Waals surface area contributed by atoms with E-state index >= 15 is 0 Å². The van der Waals surface area contributed by atoms with Gasteiger partial charge < -0.3 is 19.8 Å². The fourth-order valence-electron chi connectivity index (χ4n) is 3.88. The molecule has 5 aromatic rings. The van der Waals surface area contributed by atoms with Crippen molar-refractivity contribution in [2.75, 3.05) is 17.2 Å². The van der Waals surface area contributed by atoms with Gasteiger partial charge >= 0.3 is 0 Å². The zero-order valence-electron chi connectivity index (χ0n) is 18.5. The minimum Gasteiger partial charge on any atom is -0.492 e. The van der Waals surface area contributed by atoms with E-state index in [0.717, 1.165) is 10.8 Å². The van der Waals surface area contributed by atoms with Crippen molar-refractivity contribution in [3.05, 3.63) is 102 Å². The minimum absolute atomic E-state index is 0.0154. The number of amides is 2. The minimum atomic E-state index is -0.489. The fraction of sp³-hybridized carbons (Fsp3) is 0.0714. The molecule has 0 saturated carbocycles. The summed E-state index contributed by atoms with van der Waals surface area (Å²) in [7, 11) is 0. The molecule has 5 rings (SSSR count). The molecule has 34 heavy (non-hydrogen) atoms. The van der Waals surface area contributed by atoms with Crippen molar-refractivity contribution in [3.8, 4) is 5.75 Å². The molecule has 6 nitrogen and oxygen atoms in total. The van der Waals surface area contributed by atoms with Crippen LogP contribution in [-0.2, 0) is 0 Å². The Balaban J connectivity index is 1.49. The van der Waals surface area contributed by atoms with Crippen LogP contribution in [-0.4, -0.2) is 18.4 Å². The van der Waals surface area contributed by atoms with Crippen LogP contribution >= 0.6 is 0 Å². The first kappa shape index (κ1) is 21.3. The lowest BCUT2D eigenvalue weighted by Crippen LogP contribution is -2.17. The predicted octanol–water partition coefficient (Wildman–Crippen LogP) is 6.49. The van der Waals surface area contributed by atoms with E-state index in [-0.39, 0.29) is 11.7 Å². The summed E-state index contributed by atoms with van der Waals surface area (Å²) in [6, 6.07) is 27.7. The lowest BCUT2D eigenvalue weighted by molar-refractivity contribution is 0.0999. The third kappa shape index (κ3) is 4.09. The maximum atomic E-state index is 13.2. The van der Waals surface area contributed by atoms with Crippen LogP contribution < -0.4 is 15.4 Å². The molecule has 0 atom stereocenters. The van der Waals surface area contributed by atoms with Crippen LogP contribution in [0.5, 0.6) is 5.75 Å². The molecule has 168 valence electrons. The van der Waals surface area contributed by atoms with Gasteiger partial charge in [0, 0.05) is 10.9 Å². The topological polar surface area (TPSA) is 80.6 Å². The second kappa shape index (κ2) is 9.11. The molecule has 0 aliphatic rings. The lowest BCUT2D eigenvalue weighted by Gasteiger charge is -2.11. The Bertz CT molecular complexity index is 1520. The monoisotopic (exact) mass is 450 g/mol. The van der Waals surface area contributed by atoms with Gasteiger partial charge in [0.25, 0.3) is 11.8 Å². The molecule has 0 aliphatic heterocycles. The van der Waals surface area contributed by atoms with E-state index < -0.39 is 5.91 Å². The summed E-state index contributed by atoms with van der Waals surface area (Å²) in [6.07, 6.45) is 0. The first-order chi connectivity index (χ1) is 16.6. The molecule has 0 radical (unpaired) electrons. The van der Waals surface area contributed by atoms with Gasteiger partial charge in [-0.15, -0.1) is 0 Å². The summed E-state index contributed by atoms with van der Waals surface area (Å²) in [6.45, 7) is 2.34. The standard InChI is InChI=1S/C28H22N2O4/c1-2-33-24-14-8-6-12-22(24)29-28(32)26-25(21-11-5-7-13-23(21)34-26)30-27(31)20-16-15-18-9-3-4-10-19(18)17-20/h3-17H,2H2,1H3,(H,29,32)(H,30,31). The van der Waals surface area contributed by atoms with E-state index in [4.69, 9.17) is 9.15 Å². The van der Waals surface area contributed by atoms with Gasteiger partial charge in [-0.1, -0.05) is 54.6 Å². The number of rotatable bonds is 6. The van der Waals surface area contributed by atoms with Crippen molar-refractivity contribution in [2.45, 2.75) is 6.92 Å². The second-order valence-corrected chi connectivity index (χ2v) is 7.70. The summed E-state index contributed by atoms with van der Waals surface area (Å²) in [5.74, 6) is -0.254. The highest BCUT2D eigenvalue weighted by atomic mass is 16.5. The van der Waals surface area contributed by atoms with Crippen LogP contribution in [0.3, 0.4) is 0 Å². The summed E-state index contributed by atoms with van der Waals surface area (Å²) >= 11 is 0. The summed E-state index contributed by atoms with van der Waals surface area (Å²) < 4.78 is 11.5. The molecule has 6 heteroatoms. The molecule has 0 unspecified atom stereocenters. The van der Waals surface area contributed by atoms with Gasteiger partial charge in [0.2, 0.25) is 5.76 Å². The number of benzene rings is 4.